The fraction of sp³-hybridized carbons (Fsp3) is 0.143. The number of methoxy groups -OCH3 is 1. The molecule has 0 atom stereocenters. The van der Waals surface area contributed by atoms with Crippen molar-refractivity contribution >= 4 is 28.0 Å². The lowest BCUT2D eigenvalue weighted by Gasteiger charge is -2.10. The van der Waals surface area contributed by atoms with E-state index in [0.717, 1.165) is 5.39 Å². The number of nitrogens with zero attached hydrogens (tertiary/aromatic N) is 2. The minimum atomic E-state index is -0.261. The van der Waals surface area contributed by atoms with Crippen molar-refractivity contribution in [1.29, 1.82) is 0 Å². The van der Waals surface area contributed by atoms with Gasteiger partial charge in [-0.15, -0.1) is 0 Å². The summed E-state index contributed by atoms with van der Waals surface area (Å²) in [4.78, 5) is 17.7. The van der Waals surface area contributed by atoms with E-state index in [4.69, 9.17) is 4.74 Å². The minimum Gasteiger partial charge on any atom is -0.507 e. The van der Waals surface area contributed by atoms with Gasteiger partial charge in [-0.2, -0.15) is 0 Å². The number of imidazole rings is 1. The van der Waals surface area contributed by atoms with Gasteiger partial charge in [0.1, 0.15) is 11.4 Å². The predicted molar refractivity (Wildman–Crippen MR) is 105 cm³/mol. The Kier molecular flexibility index (Phi) is 4.16. The molecule has 0 bridgehead atoms. The maximum absolute atomic E-state index is 13.1. The van der Waals surface area contributed by atoms with Gasteiger partial charge in [-0.3, -0.25) is 9.20 Å². The van der Waals surface area contributed by atoms with E-state index in [-0.39, 0.29) is 11.7 Å². The van der Waals surface area contributed by atoms with Crippen LogP contribution in [0.2, 0.25) is 0 Å². The van der Waals surface area contributed by atoms with E-state index in [1.54, 1.807) is 35.9 Å². The molecule has 0 fully saturated rings. The largest absolute Gasteiger partial charge is 0.507 e. The van der Waals surface area contributed by atoms with Crippen LogP contribution in [-0.4, -0.2) is 27.5 Å². The van der Waals surface area contributed by atoms with Crippen LogP contribution in [0.1, 0.15) is 23.1 Å². The van der Waals surface area contributed by atoms with E-state index in [1.165, 1.54) is 0 Å². The van der Waals surface area contributed by atoms with E-state index in [1.807, 2.05) is 37.3 Å². The standard InChI is InChI=1S/C21H19N3O3/c1-3-15-19(24-12-6-11-18(27-2)20(24)22-15)21(26)23-16-9-4-8-14-13(16)7-5-10-17(14)25/h4-12,25H,3H2,1-2H3,(H,23,26). The molecule has 0 saturated heterocycles. The fourth-order valence-corrected chi connectivity index (χ4v) is 3.32. The summed E-state index contributed by atoms with van der Waals surface area (Å²) in [5.74, 6) is 0.530. The molecular formula is C21H19N3O3. The van der Waals surface area contributed by atoms with Crippen molar-refractivity contribution in [2.75, 3.05) is 12.4 Å². The zero-order chi connectivity index (χ0) is 19.0. The molecule has 0 radical (unpaired) electrons. The lowest BCUT2D eigenvalue weighted by Crippen LogP contribution is -2.16. The smallest absolute Gasteiger partial charge is 0.274 e. The van der Waals surface area contributed by atoms with Crippen LogP contribution in [0.3, 0.4) is 0 Å². The number of phenolic OH excluding ortho intramolecular Hbond substituents is 1. The molecule has 0 aliphatic heterocycles. The molecule has 0 aliphatic carbocycles. The lowest BCUT2D eigenvalue weighted by molar-refractivity contribution is 0.102. The van der Waals surface area contributed by atoms with Crippen LogP contribution in [0.4, 0.5) is 5.69 Å². The first-order valence-electron chi connectivity index (χ1n) is 8.70. The molecule has 0 spiro atoms. The highest BCUT2D eigenvalue weighted by Gasteiger charge is 2.21. The third kappa shape index (κ3) is 2.75. The first kappa shape index (κ1) is 16.9. The van der Waals surface area contributed by atoms with Gasteiger partial charge in [-0.25, -0.2) is 4.98 Å². The van der Waals surface area contributed by atoms with Gasteiger partial charge >= 0.3 is 0 Å². The molecule has 2 N–H and O–H groups in total. The third-order valence-corrected chi connectivity index (χ3v) is 4.60. The SMILES string of the molecule is CCc1nc2c(OC)cccn2c1C(=O)Nc1cccc2c(O)cccc12. The maximum Gasteiger partial charge on any atom is 0.274 e. The van der Waals surface area contributed by atoms with Crippen LogP contribution in [0.15, 0.2) is 54.7 Å². The number of carbonyl (C=O) groups excluding carboxylic acids is 1. The molecule has 0 aliphatic rings. The number of carbonyl (C=O) groups is 1. The third-order valence-electron chi connectivity index (χ3n) is 4.60. The van der Waals surface area contributed by atoms with Crippen molar-refractivity contribution in [2.45, 2.75) is 13.3 Å². The van der Waals surface area contributed by atoms with Crippen LogP contribution in [0, 0.1) is 0 Å². The molecule has 6 nitrogen and oxygen atoms in total. The average Bonchev–Trinajstić information content (AvgIpc) is 3.07. The number of aromatic hydroxyl groups is 1. The minimum absolute atomic E-state index is 0.178. The van der Waals surface area contributed by atoms with Crippen LogP contribution in [-0.2, 0) is 6.42 Å². The van der Waals surface area contributed by atoms with Crippen molar-refractivity contribution in [3.8, 4) is 11.5 Å². The second-order valence-corrected chi connectivity index (χ2v) is 6.16. The number of phenols is 1. The van der Waals surface area contributed by atoms with Crippen molar-refractivity contribution in [1.82, 2.24) is 9.38 Å². The molecule has 4 rings (SSSR count). The van der Waals surface area contributed by atoms with E-state index in [2.05, 4.69) is 10.3 Å². The van der Waals surface area contributed by atoms with Gasteiger partial charge in [0.15, 0.2) is 11.4 Å². The topological polar surface area (TPSA) is 75.9 Å². The Labute approximate surface area is 156 Å². The Balaban J connectivity index is 1.82. The molecule has 136 valence electrons. The van der Waals surface area contributed by atoms with E-state index in [0.29, 0.717) is 40.3 Å². The highest BCUT2D eigenvalue weighted by molar-refractivity contribution is 6.10. The number of rotatable bonds is 4. The zero-order valence-corrected chi connectivity index (χ0v) is 15.1. The second-order valence-electron chi connectivity index (χ2n) is 6.16. The Morgan fingerprint density at radius 2 is 1.93 bits per heavy atom. The first-order valence-corrected chi connectivity index (χ1v) is 8.70. The number of pyridine rings is 1. The number of aromatic nitrogens is 2. The molecule has 27 heavy (non-hydrogen) atoms. The molecule has 2 aromatic carbocycles. The molecular weight excluding hydrogens is 342 g/mol. The Morgan fingerprint density at radius 1 is 1.15 bits per heavy atom. The summed E-state index contributed by atoms with van der Waals surface area (Å²) in [5.41, 5.74) is 2.41. The van der Waals surface area contributed by atoms with Crippen molar-refractivity contribution in [3.63, 3.8) is 0 Å². The summed E-state index contributed by atoms with van der Waals surface area (Å²) < 4.78 is 7.11. The van der Waals surface area contributed by atoms with E-state index < -0.39 is 0 Å². The van der Waals surface area contributed by atoms with Crippen molar-refractivity contribution in [3.05, 3.63) is 66.1 Å². The molecule has 4 aromatic rings. The zero-order valence-electron chi connectivity index (χ0n) is 15.1. The molecule has 0 saturated carbocycles. The van der Waals surface area contributed by atoms with Gasteiger partial charge < -0.3 is 15.2 Å². The molecule has 1 amide bonds. The number of nitrogens with one attached hydrogen (secondary N) is 1. The molecule has 6 heteroatoms. The monoisotopic (exact) mass is 361 g/mol. The van der Waals surface area contributed by atoms with Gasteiger partial charge in [0.05, 0.1) is 12.8 Å². The van der Waals surface area contributed by atoms with Gasteiger partial charge in [0.2, 0.25) is 0 Å². The van der Waals surface area contributed by atoms with E-state index >= 15 is 0 Å². The van der Waals surface area contributed by atoms with Crippen LogP contribution >= 0.6 is 0 Å². The summed E-state index contributed by atoms with van der Waals surface area (Å²) in [6.07, 6.45) is 2.41. The molecule has 0 unspecified atom stereocenters. The van der Waals surface area contributed by atoms with Gasteiger partial charge in [0, 0.05) is 22.7 Å². The summed E-state index contributed by atoms with van der Waals surface area (Å²) >= 11 is 0. The lowest BCUT2D eigenvalue weighted by atomic mass is 10.1. The number of anilines is 1. The number of hydrogen-bond donors (Lipinski definition) is 2. The van der Waals surface area contributed by atoms with Crippen molar-refractivity contribution in [2.24, 2.45) is 0 Å². The van der Waals surface area contributed by atoms with Crippen LogP contribution in [0.5, 0.6) is 11.5 Å². The van der Waals surface area contributed by atoms with Crippen LogP contribution < -0.4 is 10.1 Å². The average molecular weight is 361 g/mol. The first-order chi connectivity index (χ1) is 13.1. The maximum atomic E-state index is 13.1. The van der Waals surface area contributed by atoms with E-state index in [9.17, 15) is 9.90 Å². The highest BCUT2D eigenvalue weighted by Crippen LogP contribution is 2.30. The summed E-state index contributed by atoms with van der Waals surface area (Å²) in [6.45, 7) is 1.96. The van der Waals surface area contributed by atoms with Gasteiger partial charge in [-0.1, -0.05) is 31.2 Å². The summed E-state index contributed by atoms with van der Waals surface area (Å²) in [5, 5.41) is 14.5. The number of hydrogen-bond acceptors (Lipinski definition) is 4. The number of aryl methyl sites for hydroxylation is 1. The Bertz CT molecular complexity index is 1160. The van der Waals surface area contributed by atoms with Gasteiger partial charge in [0.25, 0.3) is 5.91 Å². The van der Waals surface area contributed by atoms with Gasteiger partial charge in [-0.05, 0) is 30.7 Å². The fourth-order valence-electron chi connectivity index (χ4n) is 3.32. The second kappa shape index (κ2) is 6.64. The molecule has 2 heterocycles. The number of ether oxygens (including phenoxy) is 1. The molecule has 2 aromatic heterocycles. The number of amides is 1. The normalized spacial score (nSPS) is 11.0. The Morgan fingerprint density at radius 3 is 2.70 bits per heavy atom. The predicted octanol–water partition coefficient (Wildman–Crippen LogP) is 4.02. The summed E-state index contributed by atoms with van der Waals surface area (Å²) in [6, 6.07) is 14.3. The quantitative estimate of drug-likeness (QED) is 0.576. The van der Waals surface area contributed by atoms with Crippen molar-refractivity contribution < 1.29 is 14.6 Å². The summed E-state index contributed by atoms with van der Waals surface area (Å²) in [7, 11) is 1.58. The Hall–Kier alpha value is -3.54. The number of benzene rings is 2. The number of fused-ring (bicyclic) bond motifs is 2. The highest BCUT2D eigenvalue weighted by atomic mass is 16.5. The van der Waals surface area contributed by atoms with Crippen LogP contribution in [0.25, 0.3) is 16.4 Å².